The zero-order valence-electron chi connectivity index (χ0n) is 12.3. The van der Waals surface area contributed by atoms with Crippen LogP contribution in [0.3, 0.4) is 0 Å². The Morgan fingerprint density at radius 1 is 0.905 bits per heavy atom. The second kappa shape index (κ2) is 6.29. The lowest BCUT2D eigenvalue weighted by Crippen LogP contribution is -2.57. The maximum absolute atomic E-state index is 12.4. The first-order valence-corrected chi connectivity index (χ1v) is 7.89. The first kappa shape index (κ1) is 14.1. The van der Waals surface area contributed by atoms with Crippen molar-refractivity contribution in [2.75, 3.05) is 13.1 Å². The molecule has 0 radical (unpaired) electrons. The standard InChI is InChI=1S/C17H22N2O2/c20-16-17(21)19(15-9-5-2-6-10-15)12-11-18(16)13-14-7-3-1-4-8-14/h1,3-4,7-8,15H,2,5-6,9-13H2. The lowest BCUT2D eigenvalue weighted by Gasteiger charge is -2.39. The van der Waals surface area contributed by atoms with Gasteiger partial charge in [-0.15, -0.1) is 0 Å². The van der Waals surface area contributed by atoms with Gasteiger partial charge >= 0.3 is 11.8 Å². The number of nitrogens with zero attached hydrogens (tertiary/aromatic N) is 2. The fourth-order valence-electron chi connectivity index (χ4n) is 3.39. The van der Waals surface area contributed by atoms with E-state index in [2.05, 4.69) is 0 Å². The van der Waals surface area contributed by atoms with Gasteiger partial charge in [-0.3, -0.25) is 9.59 Å². The summed E-state index contributed by atoms with van der Waals surface area (Å²) in [4.78, 5) is 28.2. The predicted octanol–water partition coefficient (Wildman–Crippen LogP) is 2.19. The smallest absolute Gasteiger partial charge is 0.312 e. The third kappa shape index (κ3) is 3.09. The normalized spacial score (nSPS) is 21.0. The van der Waals surface area contributed by atoms with Gasteiger partial charge in [-0.2, -0.15) is 0 Å². The Bertz CT molecular complexity index is 509. The van der Waals surface area contributed by atoms with Gasteiger partial charge in [-0.25, -0.2) is 0 Å². The molecule has 3 rings (SSSR count). The monoisotopic (exact) mass is 286 g/mol. The predicted molar refractivity (Wildman–Crippen MR) is 80.4 cm³/mol. The van der Waals surface area contributed by atoms with Crippen LogP contribution in [0.15, 0.2) is 30.3 Å². The quantitative estimate of drug-likeness (QED) is 0.799. The summed E-state index contributed by atoms with van der Waals surface area (Å²) in [6.45, 7) is 1.86. The maximum atomic E-state index is 12.4. The molecule has 2 aliphatic rings. The van der Waals surface area contributed by atoms with E-state index in [-0.39, 0.29) is 17.9 Å². The molecule has 1 saturated carbocycles. The first-order valence-electron chi connectivity index (χ1n) is 7.89. The number of carbonyl (C=O) groups excluding carboxylic acids is 2. The zero-order chi connectivity index (χ0) is 14.7. The van der Waals surface area contributed by atoms with Gasteiger partial charge in [0.05, 0.1) is 0 Å². The van der Waals surface area contributed by atoms with E-state index in [4.69, 9.17) is 0 Å². The second-order valence-corrected chi connectivity index (χ2v) is 6.00. The van der Waals surface area contributed by atoms with E-state index in [0.29, 0.717) is 19.6 Å². The van der Waals surface area contributed by atoms with Crippen LogP contribution in [0.5, 0.6) is 0 Å². The third-order valence-electron chi connectivity index (χ3n) is 4.57. The van der Waals surface area contributed by atoms with Gasteiger partial charge < -0.3 is 9.80 Å². The number of carbonyl (C=O) groups is 2. The Morgan fingerprint density at radius 3 is 2.33 bits per heavy atom. The van der Waals surface area contributed by atoms with Crippen molar-refractivity contribution in [1.82, 2.24) is 9.80 Å². The van der Waals surface area contributed by atoms with Crippen LogP contribution in [0.25, 0.3) is 0 Å². The Kier molecular flexibility index (Phi) is 4.23. The molecule has 0 aromatic heterocycles. The van der Waals surface area contributed by atoms with Crippen LogP contribution in [0.2, 0.25) is 0 Å². The summed E-state index contributed by atoms with van der Waals surface area (Å²) in [6.07, 6.45) is 5.72. The topological polar surface area (TPSA) is 40.6 Å². The van der Waals surface area contributed by atoms with Crippen LogP contribution in [-0.4, -0.2) is 40.7 Å². The molecule has 2 fully saturated rings. The molecule has 0 N–H and O–H groups in total. The molecular formula is C17H22N2O2. The number of rotatable bonds is 3. The molecule has 1 heterocycles. The highest BCUT2D eigenvalue weighted by Crippen LogP contribution is 2.24. The number of hydrogen-bond acceptors (Lipinski definition) is 2. The lowest BCUT2D eigenvalue weighted by molar-refractivity contribution is -0.158. The van der Waals surface area contributed by atoms with Crippen molar-refractivity contribution in [3.8, 4) is 0 Å². The summed E-state index contributed by atoms with van der Waals surface area (Å²) in [5, 5.41) is 0. The highest BCUT2D eigenvalue weighted by Gasteiger charge is 2.36. The fourth-order valence-corrected chi connectivity index (χ4v) is 3.39. The van der Waals surface area contributed by atoms with Crippen molar-refractivity contribution >= 4 is 11.8 Å². The zero-order valence-corrected chi connectivity index (χ0v) is 12.3. The summed E-state index contributed by atoms with van der Waals surface area (Å²) >= 11 is 0. The molecule has 112 valence electrons. The molecule has 1 saturated heterocycles. The Balaban J connectivity index is 1.64. The van der Waals surface area contributed by atoms with Crippen LogP contribution in [-0.2, 0) is 16.1 Å². The molecular weight excluding hydrogens is 264 g/mol. The van der Waals surface area contributed by atoms with Crippen LogP contribution < -0.4 is 0 Å². The molecule has 1 aromatic carbocycles. The summed E-state index contributed by atoms with van der Waals surface area (Å²) in [6, 6.07) is 10.1. The van der Waals surface area contributed by atoms with E-state index in [1.165, 1.54) is 19.3 Å². The van der Waals surface area contributed by atoms with E-state index >= 15 is 0 Å². The second-order valence-electron chi connectivity index (χ2n) is 6.00. The minimum Gasteiger partial charge on any atom is -0.330 e. The Hall–Kier alpha value is -1.84. The molecule has 1 aliphatic heterocycles. The van der Waals surface area contributed by atoms with Crippen LogP contribution in [0.1, 0.15) is 37.7 Å². The minimum atomic E-state index is -0.337. The molecule has 4 heteroatoms. The van der Waals surface area contributed by atoms with Gasteiger partial charge in [-0.1, -0.05) is 49.6 Å². The third-order valence-corrected chi connectivity index (χ3v) is 4.57. The first-order chi connectivity index (χ1) is 10.3. The molecule has 0 spiro atoms. The van der Waals surface area contributed by atoms with E-state index in [1.54, 1.807) is 4.90 Å². The highest BCUT2D eigenvalue weighted by molar-refractivity contribution is 6.35. The largest absolute Gasteiger partial charge is 0.330 e. The number of piperazine rings is 1. The van der Waals surface area contributed by atoms with Crippen molar-refractivity contribution in [1.29, 1.82) is 0 Å². The van der Waals surface area contributed by atoms with Crippen molar-refractivity contribution in [3.05, 3.63) is 35.9 Å². The molecule has 1 aromatic rings. The summed E-state index contributed by atoms with van der Waals surface area (Å²) < 4.78 is 0. The van der Waals surface area contributed by atoms with Gasteiger partial charge in [0.2, 0.25) is 0 Å². The van der Waals surface area contributed by atoms with Crippen molar-refractivity contribution in [2.45, 2.75) is 44.7 Å². The molecule has 0 atom stereocenters. The van der Waals surface area contributed by atoms with Crippen LogP contribution >= 0.6 is 0 Å². The van der Waals surface area contributed by atoms with Crippen molar-refractivity contribution < 1.29 is 9.59 Å². The van der Waals surface area contributed by atoms with Gasteiger partial charge in [0.25, 0.3) is 0 Å². The fraction of sp³-hybridized carbons (Fsp3) is 0.529. The van der Waals surface area contributed by atoms with E-state index < -0.39 is 0 Å². The lowest BCUT2D eigenvalue weighted by atomic mass is 9.93. The van der Waals surface area contributed by atoms with Gasteiger partial charge in [-0.05, 0) is 18.4 Å². The average Bonchev–Trinajstić information content (AvgIpc) is 2.54. The van der Waals surface area contributed by atoms with Gasteiger partial charge in [0, 0.05) is 25.7 Å². The van der Waals surface area contributed by atoms with Gasteiger partial charge in [0.1, 0.15) is 0 Å². The number of benzene rings is 1. The van der Waals surface area contributed by atoms with Crippen LogP contribution in [0.4, 0.5) is 0 Å². The number of hydrogen-bond donors (Lipinski definition) is 0. The highest BCUT2D eigenvalue weighted by atomic mass is 16.2. The molecule has 2 amide bonds. The van der Waals surface area contributed by atoms with E-state index in [1.807, 2.05) is 35.2 Å². The summed E-state index contributed by atoms with van der Waals surface area (Å²) in [5.41, 5.74) is 1.07. The molecule has 21 heavy (non-hydrogen) atoms. The summed E-state index contributed by atoms with van der Waals surface area (Å²) in [7, 11) is 0. The SMILES string of the molecule is O=C1C(=O)N(C2CCCCC2)CCN1Cc1ccccc1. The van der Waals surface area contributed by atoms with E-state index in [0.717, 1.165) is 18.4 Å². The molecule has 0 unspecified atom stereocenters. The summed E-state index contributed by atoms with van der Waals surface area (Å²) in [5.74, 6) is -0.639. The maximum Gasteiger partial charge on any atom is 0.312 e. The van der Waals surface area contributed by atoms with Crippen molar-refractivity contribution in [3.63, 3.8) is 0 Å². The number of amides is 2. The average molecular weight is 286 g/mol. The minimum absolute atomic E-state index is 0.286. The molecule has 0 bridgehead atoms. The Morgan fingerprint density at radius 2 is 1.62 bits per heavy atom. The molecule has 1 aliphatic carbocycles. The van der Waals surface area contributed by atoms with E-state index in [9.17, 15) is 9.59 Å². The molecule has 4 nitrogen and oxygen atoms in total. The van der Waals surface area contributed by atoms with Crippen molar-refractivity contribution in [2.24, 2.45) is 0 Å². The Labute approximate surface area is 125 Å². The van der Waals surface area contributed by atoms with Crippen LogP contribution in [0, 0.1) is 0 Å². The van der Waals surface area contributed by atoms with Gasteiger partial charge in [0.15, 0.2) is 0 Å².